The van der Waals surface area contributed by atoms with E-state index in [0.717, 1.165) is 5.56 Å². The molecule has 0 aliphatic heterocycles. The third kappa shape index (κ3) is 6.08. The van der Waals surface area contributed by atoms with Gasteiger partial charge in [-0.1, -0.05) is 35.9 Å². The number of aryl methyl sites for hydroxylation is 1. The molecule has 0 aliphatic rings. The van der Waals surface area contributed by atoms with Gasteiger partial charge >= 0.3 is 5.97 Å². The quantitative estimate of drug-likeness (QED) is 0.600. The van der Waals surface area contributed by atoms with Gasteiger partial charge in [-0.05, 0) is 32.0 Å². The summed E-state index contributed by atoms with van der Waals surface area (Å²) in [5.74, 6) is -1.29. The Labute approximate surface area is 157 Å². The lowest BCUT2D eigenvalue weighted by atomic mass is 10.1. The van der Waals surface area contributed by atoms with Crippen molar-refractivity contribution in [3.05, 3.63) is 65.2 Å². The Bertz CT molecular complexity index is 882. The zero-order valence-corrected chi connectivity index (χ0v) is 15.2. The minimum atomic E-state index is -1.02. The van der Waals surface area contributed by atoms with Crippen LogP contribution in [0.1, 0.15) is 41.3 Å². The molecule has 0 radical (unpaired) electrons. The van der Waals surface area contributed by atoms with E-state index >= 15 is 0 Å². The van der Waals surface area contributed by atoms with Crippen LogP contribution in [0, 0.1) is 18.3 Å². The lowest BCUT2D eigenvalue weighted by Gasteiger charge is -2.13. The summed E-state index contributed by atoms with van der Waals surface area (Å²) in [6, 6.07) is 15.5. The molecule has 0 bridgehead atoms. The predicted molar refractivity (Wildman–Crippen MR) is 100 cm³/mol. The van der Waals surface area contributed by atoms with Crippen molar-refractivity contribution < 1.29 is 19.1 Å². The molecule has 0 saturated heterocycles. The summed E-state index contributed by atoms with van der Waals surface area (Å²) in [5.41, 5.74) is 2.44. The van der Waals surface area contributed by atoms with Gasteiger partial charge in [0, 0.05) is 17.7 Å². The zero-order chi connectivity index (χ0) is 19.8. The molecule has 0 saturated carbocycles. The standard InChI is InChI=1S/C21H20N2O4/c1-14-6-8-17(9-7-14)19(24)10-11-20(25)27-15(2)21(26)23-18-5-3-4-16(12-18)13-22/h3-9,12,15H,10-11H2,1-2H3,(H,23,26). The van der Waals surface area contributed by atoms with Crippen LogP contribution in [0.25, 0.3) is 0 Å². The van der Waals surface area contributed by atoms with E-state index in [0.29, 0.717) is 16.8 Å². The Kier molecular flexibility index (Phi) is 6.84. The number of carbonyl (C=O) groups is 3. The number of esters is 1. The van der Waals surface area contributed by atoms with Crippen molar-refractivity contribution in [2.45, 2.75) is 32.8 Å². The van der Waals surface area contributed by atoms with Gasteiger partial charge < -0.3 is 10.1 Å². The summed E-state index contributed by atoms with van der Waals surface area (Å²) in [6.45, 7) is 3.37. The average molecular weight is 364 g/mol. The van der Waals surface area contributed by atoms with Crippen molar-refractivity contribution in [3.8, 4) is 6.07 Å². The first-order valence-corrected chi connectivity index (χ1v) is 8.49. The second-order valence-corrected chi connectivity index (χ2v) is 6.10. The van der Waals surface area contributed by atoms with Crippen LogP contribution in [-0.4, -0.2) is 23.8 Å². The maximum Gasteiger partial charge on any atom is 0.307 e. The van der Waals surface area contributed by atoms with Crippen molar-refractivity contribution in [3.63, 3.8) is 0 Å². The second-order valence-electron chi connectivity index (χ2n) is 6.10. The Morgan fingerprint density at radius 3 is 2.48 bits per heavy atom. The molecule has 27 heavy (non-hydrogen) atoms. The monoisotopic (exact) mass is 364 g/mol. The molecule has 2 aromatic carbocycles. The Balaban J connectivity index is 1.82. The summed E-state index contributed by atoms with van der Waals surface area (Å²) in [6.07, 6.45) is -1.10. The number of Topliss-reactive ketones (excluding diaryl/α,β-unsaturated/α-hetero) is 1. The largest absolute Gasteiger partial charge is 0.453 e. The lowest BCUT2D eigenvalue weighted by Crippen LogP contribution is -2.30. The van der Waals surface area contributed by atoms with Crippen LogP contribution < -0.4 is 5.32 Å². The molecule has 1 N–H and O–H groups in total. The van der Waals surface area contributed by atoms with Gasteiger partial charge in [-0.2, -0.15) is 5.26 Å². The molecule has 0 fully saturated rings. The number of nitrogens with zero attached hydrogens (tertiary/aromatic N) is 1. The molecular weight excluding hydrogens is 344 g/mol. The molecule has 6 heteroatoms. The highest BCUT2D eigenvalue weighted by molar-refractivity contribution is 5.98. The van der Waals surface area contributed by atoms with Gasteiger partial charge in [-0.25, -0.2) is 0 Å². The van der Waals surface area contributed by atoms with Crippen molar-refractivity contribution in [1.29, 1.82) is 5.26 Å². The van der Waals surface area contributed by atoms with Crippen LogP contribution in [0.15, 0.2) is 48.5 Å². The highest BCUT2D eigenvalue weighted by Crippen LogP contribution is 2.12. The van der Waals surface area contributed by atoms with E-state index < -0.39 is 18.0 Å². The van der Waals surface area contributed by atoms with Gasteiger partial charge in [0.2, 0.25) is 0 Å². The van der Waals surface area contributed by atoms with E-state index in [9.17, 15) is 14.4 Å². The van der Waals surface area contributed by atoms with Crippen molar-refractivity contribution in [1.82, 2.24) is 0 Å². The van der Waals surface area contributed by atoms with E-state index in [4.69, 9.17) is 10.00 Å². The van der Waals surface area contributed by atoms with Crippen LogP contribution in [0.4, 0.5) is 5.69 Å². The molecule has 1 atom stereocenters. The van der Waals surface area contributed by atoms with E-state index in [1.807, 2.05) is 25.1 Å². The van der Waals surface area contributed by atoms with Crippen molar-refractivity contribution in [2.75, 3.05) is 5.32 Å². The van der Waals surface area contributed by atoms with Crippen LogP contribution in [0.3, 0.4) is 0 Å². The van der Waals surface area contributed by atoms with Gasteiger partial charge in [-0.3, -0.25) is 14.4 Å². The molecule has 2 aromatic rings. The molecule has 6 nitrogen and oxygen atoms in total. The first-order chi connectivity index (χ1) is 12.9. The fourth-order valence-corrected chi connectivity index (χ4v) is 2.32. The summed E-state index contributed by atoms with van der Waals surface area (Å²) >= 11 is 0. The number of benzene rings is 2. The van der Waals surface area contributed by atoms with E-state index in [2.05, 4.69) is 5.32 Å². The Morgan fingerprint density at radius 2 is 1.81 bits per heavy atom. The molecule has 1 unspecified atom stereocenters. The number of anilines is 1. The molecule has 0 aromatic heterocycles. The minimum absolute atomic E-state index is 0.0143. The Hall–Kier alpha value is -3.46. The molecule has 1 amide bonds. The number of ether oxygens (including phenoxy) is 1. The number of nitriles is 1. The number of nitrogens with one attached hydrogen (secondary N) is 1. The van der Waals surface area contributed by atoms with E-state index in [-0.39, 0.29) is 18.6 Å². The van der Waals surface area contributed by atoms with Crippen LogP contribution >= 0.6 is 0 Å². The predicted octanol–water partition coefficient (Wildman–Crippen LogP) is 3.40. The number of carbonyl (C=O) groups excluding carboxylic acids is 3. The fraction of sp³-hybridized carbons (Fsp3) is 0.238. The topological polar surface area (TPSA) is 96.3 Å². The zero-order valence-electron chi connectivity index (χ0n) is 15.2. The molecule has 0 aliphatic carbocycles. The first-order valence-electron chi connectivity index (χ1n) is 8.49. The first kappa shape index (κ1) is 19.9. The van der Waals surface area contributed by atoms with Gasteiger partial charge in [-0.15, -0.1) is 0 Å². The number of amides is 1. The highest BCUT2D eigenvalue weighted by atomic mass is 16.5. The van der Waals surface area contributed by atoms with Crippen molar-refractivity contribution >= 4 is 23.3 Å². The summed E-state index contributed by atoms with van der Waals surface area (Å²) < 4.78 is 5.08. The Morgan fingerprint density at radius 1 is 1.11 bits per heavy atom. The van der Waals surface area contributed by atoms with E-state index in [1.54, 1.807) is 30.3 Å². The summed E-state index contributed by atoms with van der Waals surface area (Å²) in [5, 5.41) is 11.4. The third-order valence-electron chi connectivity index (χ3n) is 3.87. The minimum Gasteiger partial charge on any atom is -0.453 e. The SMILES string of the molecule is Cc1ccc(C(=O)CCC(=O)OC(C)C(=O)Nc2cccc(C#N)c2)cc1. The van der Waals surface area contributed by atoms with Gasteiger partial charge in [0.15, 0.2) is 11.9 Å². The van der Waals surface area contributed by atoms with Crippen LogP contribution in [-0.2, 0) is 14.3 Å². The molecule has 0 spiro atoms. The summed E-state index contributed by atoms with van der Waals surface area (Å²) in [7, 11) is 0. The smallest absolute Gasteiger partial charge is 0.307 e. The highest BCUT2D eigenvalue weighted by Gasteiger charge is 2.19. The normalized spacial score (nSPS) is 11.1. The van der Waals surface area contributed by atoms with Gasteiger partial charge in [0.05, 0.1) is 18.1 Å². The molecule has 0 heterocycles. The molecular formula is C21H20N2O4. The summed E-state index contributed by atoms with van der Waals surface area (Å²) in [4.78, 5) is 36.1. The lowest BCUT2D eigenvalue weighted by molar-refractivity contribution is -0.153. The second kappa shape index (κ2) is 9.30. The maximum absolute atomic E-state index is 12.1. The number of hydrogen-bond acceptors (Lipinski definition) is 5. The number of hydrogen-bond donors (Lipinski definition) is 1. The number of ketones is 1. The molecule has 138 valence electrons. The van der Waals surface area contributed by atoms with Gasteiger partial charge in [0.1, 0.15) is 0 Å². The van der Waals surface area contributed by atoms with E-state index in [1.165, 1.54) is 13.0 Å². The van der Waals surface area contributed by atoms with Gasteiger partial charge in [0.25, 0.3) is 5.91 Å². The average Bonchev–Trinajstić information content (AvgIpc) is 2.66. The number of rotatable bonds is 7. The fourth-order valence-electron chi connectivity index (χ4n) is 2.32. The third-order valence-corrected chi connectivity index (χ3v) is 3.87. The van der Waals surface area contributed by atoms with Crippen molar-refractivity contribution in [2.24, 2.45) is 0 Å². The maximum atomic E-state index is 12.1. The van der Waals surface area contributed by atoms with Crippen LogP contribution in [0.5, 0.6) is 0 Å². The van der Waals surface area contributed by atoms with Crippen LogP contribution in [0.2, 0.25) is 0 Å². The molecule has 2 rings (SSSR count).